The first-order valence-electron chi connectivity index (χ1n) is 7.10. The molecule has 120 valence electrons. The minimum absolute atomic E-state index is 0.312. The average molecular weight is 339 g/mol. The second kappa shape index (κ2) is 6.64. The topological polar surface area (TPSA) is 80.4 Å². The third-order valence-electron chi connectivity index (χ3n) is 3.28. The van der Waals surface area contributed by atoms with Crippen LogP contribution in [0.2, 0.25) is 0 Å². The number of benzene rings is 2. The Hall–Kier alpha value is -2.99. The number of thiazole rings is 1. The molecule has 4 aromatic rings. The van der Waals surface area contributed by atoms with Crippen molar-refractivity contribution in [1.29, 1.82) is 0 Å². The quantitative estimate of drug-likeness (QED) is 0.527. The summed E-state index contributed by atoms with van der Waals surface area (Å²) in [6.07, 6.45) is 0. The summed E-state index contributed by atoms with van der Waals surface area (Å²) in [5.74, 6) is -0.833. The Labute approximate surface area is 140 Å². The van der Waals surface area contributed by atoms with E-state index in [2.05, 4.69) is 4.98 Å². The zero-order valence-corrected chi connectivity index (χ0v) is 13.5. The van der Waals surface area contributed by atoms with Gasteiger partial charge in [0.15, 0.2) is 0 Å². The van der Waals surface area contributed by atoms with Crippen molar-refractivity contribution in [3.05, 3.63) is 64.5 Å². The molecule has 0 saturated heterocycles. The van der Waals surface area contributed by atoms with E-state index in [1.807, 2.05) is 42.5 Å². The highest BCUT2D eigenvalue weighted by Crippen LogP contribution is 2.26. The summed E-state index contributed by atoms with van der Waals surface area (Å²) in [6.45, 7) is 1.08. The Morgan fingerprint density at radius 1 is 1.17 bits per heavy atom. The number of hydrogen-bond acceptors (Lipinski definition) is 5. The van der Waals surface area contributed by atoms with Gasteiger partial charge in [0.05, 0.1) is 21.3 Å². The molecule has 24 heavy (non-hydrogen) atoms. The number of carbonyl (C=O) groups is 1. The van der Waals surface area contributed by atoms with Crippen molar-refractivity contribution in [2.24, 2.45) is 0 Å². The smallest absolute Gasteiger partial charge is 0.344 e. The highest BCUT2D eigenvalue weighted by molar-refractivity contribution is 7.16. The minimum atomic E-state index is -0.833. The summed E-state index contributed by atoms with van der Waals surface area (Å²) in [5, 5.41) is 8.34. The van der Waals surface area contributed by atoms with E-state index >= 15 is 0 Å². The van der Waals surface area contributed by atoms with Crippen molar-refractivity contribution in [2.75, 3.05) is 0 Å². The number of carboxylic acids is 1. The maximum Gasteiger partial charge on any atom is 0.344 e. The summed E-state index contributed by atoms with van der Waals surface area (Å²) in [4.78, 5) is 25.4. The summed E-state index contributed by atoms with van der Waals surface area (Å²) in [5.41, 5.74) is 4.49. The fourth-order valence-corrected chi connectivity index (χ4v) is 3.00. The molecule has 2 aromatic carbocycles. The zero-order valence-electron chi connectivity index (χ0n) is 12.7. The first-order chi connectivity index (χ1) is 11.5. The molecule has 0 aliphatic heterocycles. The van der Waals surface area contributed by atoms with Gasteiger partial charge in [0, 0.05) is 12.3 Å². The van der Waals surface area contributed by atoms with Gasteiger partial charge in [0.2, 0.25) is 0 Å². The van der Waals surface area contributed by atoms with E-state index < -0.39 is 5.97 Å². The number of rotatable bonds is 1. The zero-order chi connectivity index (χ0) is 17.1. The van der Waals surface area contributed by atoms with Crippen LogP contribution in [-0.4, -0.2) is 16.1 Å². The molecule has 4 rings (SSSR count). The summed E-state index contributed by atoms with van der Waals surface area (Å²) < 4.78 is 6.44. The Morgan fingerprint density at radius 3 is 2.71 bits per heavy atom. The predicted molar refractivity (Wildman–Crippen MR) is 94.4 cm³/mol. The maximum atomic E-state index is 12.1. The average Bonchev–Trinajstić information content (AvgIpc) is 3.01. The van der Waals surface area contributed by atoms with Crippen molar-refractivity contribution in [3.8, 4) is 11.1 Å². The van der Waals surface area contributed by atoms with Gasteiger partial charge < -0.3 is 9.52 Å². The van der Waals surface area contributed by atoms with Crippen LogP contribution in [0.3, 0.4) is 0 Å². The van der Waals surface area contributed by atoms with Gasteiger partial charge in [-0.3, -0.25) is 4.79 Å². The molecule has 0 saturated carbocycles. The Morgan fingerprint density at radius 2 is 1.92 bits per heavy atom. The van der Waals surface area contributed by atoms with E-state index in [0.29, 0.717) is 11.1 Å². The first-order valence-corrected chi connectivity index (χ1v) is 7.98. The molecule has 2 heterocycles. The third-order valence-corrected chi connectivity index (χ3v) is 4.08. The van der Waals surface area contributed by atoms with Crippen molar-refractivity contribution < 1.29 is 14.3 Å². The number of carboxylic acid groups (broad SMARTS) is 1. The van der Waals surface area contributed by atoms with Gasteiger partial charge >= 0.3 is 5.63 Å². The monoisotopic (exact) mass is 339 g/mol. The molecular weight excluding hydrogens is 326 g/mol. The fourth-order valence-electron chi connectivity index (χ4n) is 2.29. The standard InChI is InChI=1S/C16H9NO2S.C2H4O2/c18-16-12(7-11-3-1-2-4-14(11)19-16)10-5-6-13-15(8-10)20-9-17-13;1-2(3)4/h1-9H;1H3,(H,3,4). The molecule has 0 bridgehead atoms. The van der Waals surface area contributed by atoms with Gasteiger partial charge in [-0.1, -0.05) is 24.3 Å². The van der Waals surface area contributed by atoms with Crippen LogP contribution in [0.1, 0.15) is 6.92 Å². The normalized spacial score (nSPS) is 10.4. The molecule has 1 N–H and O–H groups in total. The van der Waals surface area contributed by atoms with E-state index in [1.165, 1.54) is 0 Å². The SMILES string of the molecule is CC(=O)O.O=c1oc2ccccc2cc1-c1ccc2ncsc2c1. The molecular formula is C18H13NO4S. The van der Waals surface area contributed by atoms with Crippen LogP contribution in [0.25, 0.3) is 32.3 Å². The number of aliphatic carboxylic acids is 1. The Balaban J connectivity index is 0.000000383. The molecule has 0 aliphatic carbocycles. The predicted octanol–water partition coefficient (Wildman–Crippen LogP) is 4.16. The molecule has 2 aromatic heterocycles. The Bertz CT molecular complexity index is 1080. The molecule has 0 unspecified atom stereocenters. The number of para-hydroxylation sites is 1. The van der Waals surface area contributed by atoms with E-state index in [1.54, 1.807) is 22.9 Å². The molecule has 5 nitrogen and oxygen atoms in total. The second-order valence-electron chi connectivity index (χ2n) is 5.04. The molecule has 6 heteroatoms. The van der Waals surface area contributed by atoms with E-state index in [9.17, 15) is 4.79 Å². The molecule has 0 fully saturated rings. The largest absolute Gasteiger partial charge is 0.481 e. The van der Waals surface area contributed by atoms with Gasteiger partial charge in [0.25, 0.3) is 5.97 Å². The van der Waals surface area contributed by atoms with Crippen molar-refractivity contribution in [1.82, 2.24) is 4.98 Å². The van der Waals surface area contributed by atoms with Crippen molar-refractivity contribution >= 4 is 38.5 Å². The molecule has 0 atom stereocenters. The van der Waals surface area contributed by atoms with Crippen LogP contribution in [0, 0.1) is 0 Å². The number of fused-ring (bicyclic) bond motifs is 2. The van der Waals surface area contributed by atoms with Crippen LogP contribution in [-0.2, 0) is 4.79 Å². The van der Waals surface area contributed by atoms with Gasteiger partial charge in [-0.25, -0.2) is 9.78 Å². The highest BCUT2D eigenvalue weighted by Gasteiger charge is 2.08. The van der Waals surface area contributed by atoms with Crippen LogP contribution >= 0.6 is 11.3 Å². The van der Waals surface area contributed by atoms with Crippen LogP contribution in [0.5, 0.6) is 0 Å². The van der Waals surface area contributed by atoms with E-state index in [-0.39, 0.29) is 5.63 Å². The van der Waals surface area contributed by atoms with Crippen LogP contribution in [0.4, 0.5) is 0 Å². The lowest BCUT2D eigenvalue weighted by atomic mass is 10.1. The molecule has 0 radical (unpaired) electrons. The lowest BCUT2D eigenvalue weighted by molar-refractivity contribution is -0.134. The molecule has 0 aliphatic rings. The van der Waals surface area contributed by atoms with Gasteiger partial charge in [0.1, 0.15) is 5.58 Å². The number of hydrogen-bond donors (Lipinski definition) is 1. The van der Waals surface area contributed by atoms with Crippen LogP contribution < -0.4 is 5.63 Å². The van der Waals surface area contributed by atoms with Gasteiger partial charge in [-0.15, -0.1) is 11.3 Å². The number of aromatic nitrogens is 1. The van der Waals surface area contributed by atoms with Crippen molar-refractivity contribution in [2.45, 2.75) is 6.92 Å². The van der Waals surface area contributed by atoms with Gasteiger partial charge in [-0.2, -0.15) is 0 Å². The van der Waals surface area contributed by atoms with E-state index in [4.69, 9.17) is 14.3 Å². The Kier molecular flexibility index (Phi) is 4.39. The lowest BCUT2D eigenvalue weighted by Crippen LogP contribution is -2.02. The summed E-state index contributed by atoms with van der Waals surface area (Å²) in [7, 11) is 0. The lowest BCUT2D eigenvalue weighted by Gasteiger charge is -2.02. The van der Waals surface area contributed by atoms with Gasteiger partial charge in [-0.05, 0) is 29.8 Å². The number of nitrogens with zero attached hydrogens (tertiary/aromatic N) is 1. The molecule has 0 spiro atoms. The first kappa shape index (κ1) is 15.9. The summed E-state index contributed by atoms with van der Waals surface area (Å²) in [6, 6.07) is 15.2. The third kappa shape index (κ3) is 3.33. The van der Waals surface area contributed by atoms with Crippen LogP contribution in [0.15, 0.2) is 63.3 Å². The molecule has 0 amide bonds. The maximum absolute atomic E-state index is 12.1. The van der Waals surface area contributed by atoms with Crippen molar-refractivity contribution in [3.63, 3.8) is 0 Å². The highest BCUT2D eigenvalue weighted by atomic mass is 32.1. The summed E-state index contributed by atoms with van der Waals surface area (Å²) >= 11 is 1.56. The fraction of sp³-hybridized carbons (Fsp3) is 0.0556. The minimum Gasteiger partial charge on any atom is -0.481 e. The van der Waals surface area contributed by atoms with E-state index in [0.717, 1.165) is 28.1 Å². The second-order valence-corrected chi connectivity index (χ2v) is 5.93.